The van der Waals surface area contributed by atoms with Crippen molar-refractivity contribution >= 4 is 75.5 Å². The average molecular weight is 282 g/mol. The molecule has 5 nitrogen and oxygen atoms in total. The molecule has 0 atom stereocenters. The van der Waals surface area contributed by atoms with E-state index in [0.717, 1.165) is 0 Å². The molecule has 0 aliphatic carbocycles. The summed E-state index contributed by atoms with van der Waals surface area (Å²) in [6.07, 6.45) is 0. The minimum Gasteiger partial charge on any atom is -0.412 e. The Morgan fingerprint density at radius 2 is 0.333 bits per heavy atom. The summed E-state index contributed by atoms with van der Waals surface area (Å²) in [5, 5.41) is 0. The third-order valence-electron chi connectivity index (χ3n) is 0. The normalized spacial score (nSPS) is 0. The van der Waals surface area contributed by atoms with E-state index in [4.69, 9.17) is 0 Å². The van der Waals surface area contributed by atoms with Gasteiger partial charge in [0.25, 0.3) is 0 Å². The molecule has 0 saturated heterocycles. The van der Waals surface area contributed by atoms with Crippen molar-refractivity contribution in [3.63, 3.8) is 0 Å². The van der Waals surface area contributed by atoms with Gasteiger partial charge in [-0.2, -0.15) is 0 Å². The molecule has 0 unspecified atom stereocenters. The van der Waals surface area contributed by atoms with Crippen LogP contribution in [0.15, 0.2) is 0 Å². The van der Waals surface area contributed by atoms with Crippen molar-refractivity contribution in [3.05, 3.63) is 0 Å². The van der Waals surface area contributed by atoms with Gasteiger partial charge in [-0.1, -0.05) is 0 Å². The molecule has 0 amide bonds. The summed E-state index contributed by atoms with van der Waals surface area (Å²) in [4.78, 5) is 0. The van der Waals surface area contributed by atoms with Gasteiger partial charge in [-0.3, -0.25) is 0 Å². The molecule has 0 aliphatic heterocycles. The molecular formula is H10Ca2Fe2O5. The maximum atomic E-state index is 0. The molecule has 9 heavy (non-hydrogen) atoms. The zero-order chi connectivity index (χ0) is 0. The van der Waals surface area contributed by atoms with E-state index in [9.17, 15) is 0 Å². The van der Waals surface area contributed by atoms with Gasteiger partial charge >= 0.3 is 0 Å². The largest absolute Gasteiger partial charge is 0.412 e. The Balaban J connectivity index is 0. The first-order valence-corrected chi connectivity index (χ1v) is 0. The molecule has 0 aromatic carbocycles. The van der Waals surface area contributed by atoms with Crippen molar-refractivity contribution in [3.8, 4) is 0 Å². The Kier molecular flexibility index (Phi) is 1700. The first-order chi connectivity index (χ1) is 0. The number of hydrogen-bond donors (Lipinski definition) is 0. The quantitative estimate of drug-likeness (QED) is 0.390. The molecule has 9 heteroatoms. The van der Waals surface area contributed by atoms with Crippen LogP contribution >= 0.6 is 0 Å². The summed E-state index contributed by atoms with van der Waals surface area (Å²) in [6, 6.07) is 0. The Morgan fingerprint density at radius 3 is 0.333 bits per heavy atom. The Morgan fingerprint density at radius 1 is 0.333 bits per heavy atom. The molecule has 0 bridgehead atoms. The van der Waals surface area contributed by atoms with Crippen LogP contribution in [0.2, 0.25) is 0 Å². The predicted molar refractivity (Wildman–Crippen MR) is 29.6 cm³/mol. The molecule has 0 aliphatic rings. The van der Waals surface area contributed by atoms with E-state index in [2.05, 4.69) is 0 Å². The van der Waals surface area contributed by atoms with Crippen LogP contribution in [0.4, 0.5) is 0 Å². The van der Waals surface area contributed by atoms with Crippen molar-refractivity contribution < 1.29 is 61.5 Å². The van der Waals surface area contributed by atoms with Crippen LogP contribution in [0, 0.1) is 0 Å². The second kappa shape index (κ2) is 108. The van der Waals surface area contributed by atoms with E-state index in [-0.39, 0.29) is 137 Å². The maximum absolute atomic E-state index is 0. The molecule has 60 valence electrons. The number of hydrogen-bond acceptors (Lipinski definition) is 0. The van der Waals surface area contributed by atoms with Gasteiger partial charge in [0.05, 0.1) is 0 Å². The van der Waals surface area contributed by atoms with Gasteiger partial charge in [-0.05, 0) is 0 Å². The van der Waals surface area contributed by atoms with Crippen molar-refractivity contribution in [2.24, 2.45) is 0 Å². The zero-order valence-electron chi connectivity index (χ0n) is 4.62. The molecule has 10 N–H and O–H groups in total. The average Bonchev–Trinajstić information content (AvgIpc) is 0. The van der Waals surface area contributed by atoms with Crippen LogP contribution in [-0.2, 0) is 34.1 Å². The van der Waals surface area contributed by atoms with Crippen LogP contribution in [0.5, 0.6) is 0 Å². The van der Waals surface area contributed by atoms with Gasteiger partial charge < -0.3 is 27.4 Å². The second-order valence-electron chi connectivity index (χ2n) is 0. The summed E-state index contributed by atoms with van der Waals surface area (Å²) in [5.41, 5.74) is 0. The molecule has 0 fully saturated rings. The summed E-state index contributed by atoms with van der Waals surface area (Å²) in [6.45, 7) is 0. The first-order valence-electron chi connectivity index (χ1n) is 0. The Labute approximate surface area is 134 Å². The summed E-state index contributed by atoms with van der Waals surface area (Å²) < 4.78 is 0. The van der Waals surface area contributed by atoms with E-state index < -0.39 is 0 Å². The molecule has 0 aromatic heterocycles. The summed E-state index contributed by atoms with van der Waals surface area (Å²) >= 11 is 0. The molecule has 0 heterocycles. The fourth-order valence-corrected chi connectivity index (χ4v) is 0. The minimum atomic E-state index is 0. The Hall–Kier alpha value is 3.36. The van der Waals surface area contributed by atoms with E-state index in [1.165, 1.54) is 0 Å². The molecular weight excluding hydrogens is 272 g/mol. The molecule has 0 spiro atoms. The van der Waals surface area contributed by atoms with Gasteiger partial charge in [-0.25, -0.2) is 0 Å². The van der Waals surface area contributed by atoms with Gasteiger partial charge in [0.1, 0.15) is 0 Å². The van der Waals surface area contributed by atoms with Crippen molar-refractivity contribution in [2.75, 3.05) is 0 Å². The summed E-state index contributed by atoms with van der Waals surface area (Å²) in [5.74, 6) is 0. The fraction of sp³-hybridized carbons (Fsp3) is 0. The monoisotopic (exact) mass is 282 g/mol. The molecule has 0 rings (SSSR count). The van der Waals surface area contributed by atoms with Gasteiger partial charge in [0, 0.05) is 110 Å². The van der Waals surface area contributed by atoms with E-state index >= 15 is 0 Å². The van der Waals surface area contributed by atoms with Crippen molar-refractivity contribution in [1.82, 2.24) is 0 Å². The van der Waals surface area contributed by atoms with Gasteiger partial charge in [0.2, 0.25) is 0 Å². The first kappa shape index (κ1) is 141. The van der Waals surface area contributed by atoms with Gasteiger partial charge in [-0.15, -0.1) is 0 Å². The third-order valence-corrected chi connectivity index (χ3v) is 0. The smallest absolute Gasteiger partial charge is 0 e. The van der Waals surface area contributed by atoms with Gasteiger partial charge in [0.15, 0.2) is 0 Å². The van der Waals surface area contributed by atoms with E-state index in [1.807, 2.05) is 0 Å². The zero-order valence-corrected chi connectivity index (χ0v) is 11.2. The minimum absolute atomic E-state index is 0. The van der Waals surface area contributed by atoms with Crippen LogP contribution in [0.3, 0.4) is 0 Å². The van der Waals surface area contributed by atoms with E-state index in [1.54, 1.807) is 0 Å². The summed E-state index contributed by atoms with van der Waals surface area (Å²) in [7, 11) is 0. The van der Waals surface area contributed by atoms with Crippen LogP contribution < -0.4 is 0 Å². The predicted octanol–water partition coefficient (Wildman–Crippen LogP) is -4.89. The Bertz CT molecular complexity index is 12.9. The van der Waals surface area contributed by atoms with Crippen molar-refractivity contribution in [2.45, 2.75) is 0 Å². The second-order valence-corrected chi connectivity index (χ2v) is 0. The SMILES string of the molecule is O.O.O.O.O.[Ca].[Ca].[Fe].[Fe]. The van der Waals surface area contributed by atoms with Crippen LogP contribution in [-0.4, -0.2) is 103 Å². The maximum Gasteiger partial charge on any atom is 0 e. The van der Waals surface area contributed by atoms with E-state index in [0.29, 0.717) is 0 Å². The van der Waals surface area contributed by atoms with Crippen molar-refractivity contribution in [1.29, 1.82) is 0 Å². The standard InChI is InChI=1S/2Ca.2Fe.5H2O/h;;;;5*1H2. The fourth-order valence-electron chi connectivity index (χ4n) is 0. The molecule has 0 aromatic rings. The third kappa shape index (κ3) is 88.2. The van der Waals surface area contributed by atoms with Crippen LogP contribution in [0.1, 0.15) is 0 Å². The van der Waals surface area contributed by atoms with Crippen LogP contribution in [0.25, 0.3) is 0 Å². The topological polar surface area (TPSA) is 158 Å². The number of rotatable bonds is 0. The molecule has 4 radical (unpaired) electrons. The molecule has 0 saturated carbocycles.